The molecule has 0 aliphatic carbocycles. The predicted molar refractivity (Wildman–Crippen MR) is 117 cm³/mol. The van der Waals surface area contributed by atoms with Crippen molar-refractivity contribution in [1.82, 2.24) is 4.98 Å². The third-order valence-corrected chi connectivity index (χ3v) is 4.51. The molecule has 5 heteroatoms. The highest BCUT2D eigenvalue weighted by Gasteiger charge is 2.09. The molecule has 2 N–H and O–H groups in total. The maximum atomic E-state index is 12.6. The summed E-state index contributed by atoms with van der Waals surface area (Å²) in [7, 11) is 4.01. The van der Waals surface area contributed by atoms with E-state index in [0.29, 0.717) is 11.5 Å². The van der Waals surface area contributed by atoms with E-state index in [0.717, 1.165) is 22.7 Å². The van der Waals surface area contributed by atoms with Crippen LogP contribution >= 0.6 is 0 Å². The summed E-state index contributed by atoms with van der Waals surface area (Å²) >= 11 is 0. The molecule has 0 fully saturated rings. The molecule has 1 heterocycles. The molecule has 28 heavy (non-hydrogen) atoms. The molecule has 0 radical (unpaired) electrons. The Hall–Kier alpha value is -3.34. The van der Waals surface area contributed by atoms with Crippen molar-refractivity contribution in [2.45, 2.75) is 19.8 Å². The number of benzene rings is 2. The van der Waals surface area contributed by atoms with Crippen molar-refractivity contribution in [3.05, 3.63) is 78.1 Å². The smallest absolute Gasteiger partial charge is 0.257 e. The predicted octanol–water partition coefficient (Wildman–Crippen LogP) is 5.27. The van der Waals surface area contributed by atoms with E-state index in [4.69, 9.17) is 0 Å². The molecular weight excluding hydrogens is 348 g/mol. The lowest BCUT2D eigenvalue weighted by molar-refractivity contribution is 0.102. The number of amides is 1. The number of carbonyl (C=O) groups excluding carboxylic acids is 1. The van der Waals surface area contributed by atoms with Gasteiger partial charge in [-0.3, -0.25) is 9.78 Å². The SMILES string of the molecule is CC(C)c1ccc(NC(=O)c2cncc(Nc3ccc(N(C)C)cc3)c2)cc1. The lowest BCUT2D eigenvalue weighted by atomic mass is 10.0. The summed E-state index contributed by atoms with van der Waals surface area (Å²) in [6, 6.07) is 17.8. The number of anilines is 4. The Balaban J connectivity index is 1.68. The maximum absolute atomic E-state index is 12.6. The molecule has 0 saturated heterocycles. The first-order valence-electron chi connectivity index (χ1n) is 9.33. The van der Waals surface area contributed by atoms with Crippen LogP contribution in [-0.4, -0.2) is 25.0 Å². The van der Waals surface area contributed by atoms with Crippen LogP contribution < -0.4 is 15.5 Å². The van der Waals surface area contributed by atoms with E-state index in [-0.39, 0.29) is 5.91 Å². The minimum atomic E-state index is -0.184. The van der Waals surface area contributed by atoms with Crippen LogP contribution in [0.4, 0.5) is 22.7 Å². The zero-order valence-electron chi connectivity index (χ0n) is 16.7. The van der Waals surface area contributed by atoms with Gasteiger partial charge in [0, 0.05) is 37.4 Å². The zero-order chi connectivity index (χ0) is 20.1. The molecular formula is C23H26N4O. The van der Waals surface area contributed by atoms with Gasteiger partial charge in [0.05, 0.1) is 17.4 Å². The second-order valence-electron chi connectivity index (χ2n) is 7.26. The van der Waals surface area contributed by atoms with E-state index in [2.05, 4.69) is 29.5 Å². The van der Waals surface area contributed by atoms with Gasteiger partial charge in [0.15, 0.2) is 0 Å². The minimum absolute atomic E-state index is 0.184. The number of hydrogen-bond donors (Lipinski definition) is 2. The average molecular weight is 374 g/mol. The highest BCUT2D eigenvalue weighted by Crippen LogP contribution is 2.21. The van der Waals surface area contributed by atoms with Gasteiger partial charge in [0.25, 0.3) is 5.91 Å². The first-order chi connectivity index (χ1) is 13.4. The van der Waals surface area contributed by atoms with Gasteiger partial charge in [-0.2, -0.15) is 0 Å². The quantitative estimate of drug-likeness (QED) is 0.617. The van der Waals surface area contributed by atoms with Crippen molar-refractivity contribution in [1.29, 1.82) is 0 Å². The van der Waals surface area contributed by atoms with Gasteiger partial charge in [-0.05, 0) is 53.9 Å². The Morgan fingerprint density at radius 3 is 2.14 bits per heavy atom. The number of pyridine rings is 1. The zero-order valence-corrected chi connectivity index (χ0v) is 16.7. The fourth-order valence-corrected chi connectivity index (χ4v) is 2.80. The molecule has 0 aliphatic rings. The first kappa shape index (κ1) is 19.4. The summed E-state index contributed by atoms with van der Waals surface area (Å²) in [5.74, 6) is 0.278. The molecule has 0 spiro atoms. The van der Waals surface area contributed by atoms with Crippen molar-refractivity contribution in [2.24, 2.45) is 0 Å². The summed E-state index contributed by atoms with van der Waals surface area (Å²) in [4.78, 5) is 18.8. The number of hydrogen-bond acceptors (Lipinski definition) is 4. The molecule has 0 atom stereocenters. The highest BCUT2D eigenvalue weighted by atomic mass is 16.1. The largest absolute Gasteiger partial charge is 0.378 e. The summed E-state index contributed by atoms with van der Waals surface area (Å²) in [5.41, 5.74) is 5.34. The van der Waals surface area contributed by atoms with E-state index >= 15 is 0 Å². The van der Waals surface area contributed by atoms with Crippen molar-refractivity contribution >= 4 is 28.7 Å². The van der Waals surface area contributed by atoms with Crippen LogP contribution in [0, 0.1) is 0 Å². The lowest BCUT2D eigenvalue weighted by Crippen LogP contribution is -2.12. The summed E-state index contributed by atoms with van der Waals surface area (Å²) in [6.07, 6.45) is 3.27. The van der Waals surface area contributed by atoms with Gasteiger partial charge in [-0.15, -0.1) is 0 Å². The van der Waals surface area contributed by atoms with E-state index < -0.39 is 0 Å². The van der Waals surface area contributed by atoms with E-state index in [1.807, 2.05) is 67.5 Å². The number of nitrogens with one attached hydrogen (secondary N) is 2. The fourth-order valence-electron chi connectivity index (χ4n) is 2.80. The van der Waals surface area contributed by atoms with Crippen molar-refractivity contribution < 1.29 is 4.79 Å². The molecule has 144 valence electrons. The van der Waals surface area contributed by atoms with Crippen LogP contribution in [0.2, 0.25) is 0 Å². The average Bonchev–Trinajstić information content (AvgIpc) is 2.69. The molecule has 3 rings (SSSR count). The highest BCUT2D eigenvalue weighted by molar-refractivity contribution is 6.04. The lowest BCUT2D eigenvalue weighted by Gasteiger charge is -2.13. The molecule has 3 aromatic rings. The number of rotatable bonds is 6. The maximum Gasteiger partial charge on any atom is 0.257 e. The second kappa shape index (κ2) is 8.57. The van der Waals surface area contributed by atoms with Crippen molar-refractivity contribution in [3.63, 3.8) is 0 Å². The van der Waals surface area contributed by atoms with Crippen LogP contribution in [0.25, 0.3) is 0 Å². The van der Waals surface area contributed by atoms with Crippen LogP contribution in [0.15, 0.2) is 67.0 Å². The van der Waals surface area contributed by atoms with Gasteiger partial charge in [0.2, 0.25) is 0 Å². The molecule has 0 aliphatic heterocycles. The van der Waals surface area contributed by atoms with Gasteiger partial charge in [-0.1, -0.05) is 26.0 Å². The van der Waals surface area contributed by atoms with Crippen molar-refractivity contribution in [3.8, 4) is 0 Å². The Morgan fingerprint density at radius 1 is 0.893 bits per heavy atom. The summed E-state index contributed by atoms with van der Waals surface area (Å²) in [5, 5.41) is 6.21. The van der Waals surface area contributed by atoms with E-state index in [1.54, 1.807) is 18.5 Å². The van der Waals surface area contributed by atoms with Crippen LogP contribution in [-0.2, 0) is 0 Å². The van der Waals surface area contributed by atoms with Crippen LogP contribution in [0.5, 0.6) is 0 Å². The van der Waals surface area contributed by atoms with Gasteiger partial charge >= 0.3 is 0 Å². The molecule has 5 nitrogen and oxygen atoms in total. The van der Waals surface area contributed by atoms with Crippen LogP contribution in [0.1, 0.15) is 35.7 Å². The van der Waals surface area contributed by atoms with E-state index in [9.17, 15) is 4.79 Å². The number of carbonyl (C=O) groups is 1. The third kappa shape index (κ3) is 4.88. The fraction of sp³-hybridized carbons (Fsp3) is 0.217. The first-order valence-corrected chi connectivity index (χ1v) is 9.33. The number of nitrogens with zero attached hydrogens (tertiary/aromatic N) is 2. The minimum Gasteiger partial charge on any atom is -0.378 e. The number of aromatic nitrogens is 1. The Labute approximate surface area is 166 Å². The standard InChI is InChI=1S/C23H26N4O/c1-16(2)17-5-7-20(8-6-17)26-23(28)18-13-21(15-24-14-18)25-19-9-11-22(12-10-19)27(3)4/h5-16,25H,1-4H3,(H,26,28). The molecule has 0 saturated carbocycles. The van der Waals surface area contributed by atoms with Gasteiger partial charge in [-0.25, -0.2) is 0 Å². The summed E-state index contributed by atoms with van der Waals surface area (Å²) < 4.78 is 0. The van der Waals surface area contributed by atoms with Gasteiger partial charge < -0.3 is 15.5 Å². The van der Waals surface area contributed by atoms with Crippen molar-refractivity contribution in [2.75, 3.05) is 29.6 Å². The topological polar surface area (TPSA) is 57.3 Å². The summed E-state index contributed by atoms with van der Waals surface area (Å²) in [6.45, 7) is 4.29. The Bertz CT molecular complexity index is 932. The normalized spacial score (nSPS) is 10.6. The Morgan fingerprint density at radius 2 is 1.54 bits per heavy atom. The third-order valence-electron chi connectivity index (χ3n) is 4.51. The molecule has 0 unspecified atom stereocenters. The molecule has 1 amide bonds. The molecule has 0 bridgehead atoms. The van der Waals surface area contributed by atoms with Gasteiger partial charge in [0.1, 0.15) is 0 Å². The Kier molecular flexibility index (Phi) is 5.94. The second-order valence-corrected chi connectivity index (χ2v) is 7.26. The monoisotopic (exact) mass is 374 g/mol. The van der Waals surface area contributed by atoms with Crippen LogP contribution in [0.3, 0.4) is 0 Å². The molecule has 1 aromatic heterocycles. The molecule has 2 aromatic carbocycles. The van der Waals surface area contributed by atoms with E-state index in [1.165, 1.54) is 5.56 Å².